The van der Waals surface area contributed by atoms with Crippen LogP contribution in [0.4, 0.5) is 0 Å². The van der Waals surface area contributed by atoms with E-state index >= 15 is 0 Å². The van der Waals surface area contributed by atoms with Crippen molar-refractivity contribution >= 4 is 22.2 Å². The van der Waals surface area contributed by atoms with Crippen molar-refractivity contribution in [2.24, 2.45) is 0 Å². The van der Waals surface area contributed by atoms with E-state index in [2.05, 4.69) is 4.18 Å². The second-order valence-electron chi connectivity index (χ2n) is 4.30. The van der Waals surface area contributed by atoms with Gasteiger partial charge in [-0.3, -0.25) is 0 Å². The maximum absolute atomic E-state index is 11.7. The molecular weight excluding hydrogens is 252 g/mol. The minimum atomic E-state index is -3.75. The molecule has 0 unspecified atom stereocenters. The Bertz CT molecular complexity index is 599. The average Bonchev–Trinajstić information content (AvgIpc) is 2.48. The van der Waals surface area contributed by atoms with Gasteiger partial charge in [0.2, 0.25) is 0 Å². The first-order valence-corrected chi connectivity index (χ1v) is 7.49. The SMILES string of the molecule is CS(=O)(=O)OC(=O)C1=Cc2ccccc2CCC1. The van der Waals surface area contributed by atoms with Crippen molar-refractivity contribution in [1.29, 1.82) is 0 Å². The zero-order chi connectivity index (χ0) is 13.2. The Morgan fingerprint density at radius 3 is 2.67 bits per heavy atom. The molecule has 0 spiro atoms. The molecule has 0 aliphatic heterocycles. The molecule has 0 saturated carbocycles. The van der Waals surface area contributed by atoms with Crippen molar-refractivity contribution in [2.45, 2.75) is 19.3 Å². The van der Waals surface area contributed by atoms with E-state index in [4.69, 9.17) is 0 Å². The molecular formula is C13H14O4S. The molecule has 1 aliphatic carbocycles. The molecule has 1 aromatic rings. The van der Waals surface area contributed by atoms with Gasteiger partial charge in [0.05, 0.1) is 6.26 Å². The predicted molar refractivity (Wildman–Crippen MR) is 68.3 cm³/mol. The lowest BCUT2D eigenvalue weighted by Gasteiger charge is -2.03. The maximum atomic E-state index is 11.7. The van der Waals surface area contributed by atoms with E-state index in [1.807, 2.05) is 24.3 Å². The van der Waals surface area contributed by atoms with Crippen LogP contribution < -0.4 is 0 Å². The summed E-state index contributed by atoms with van der Waals surface area (Å²) in [7, 11) is -3.75. The Balaban J connectivity index is 2.30. The summed E-state index contributed by atoms with van der Waals surface area (Å²) >= 11 is 0. The van der Waals surface area contributed by atoms with Gasteiger partial charge in [-0.25, -0.2) is 4.79 Å². The summed E-state index contributed by atoms with van der Waals surface area (Å²) in [5.74, 6) is -0.769. The largest absolute Gasteiger partial charge is 0.349 e. The molecule has 18 heavy (non-hydrogen) atoms. The highest BCUT2D eigenvalue weighted by Gasteiger charge is 2.19. The summed E-state index contributed by atoms with van der Waals surface area (Å²) in [5, 5.41) is 0. The lowest BCUT2D eigenvalue weighted by Crippen LogP contribution is -2.13. The van der Waals surface area contributed by atoms with Crippen LogP contribution in [-0.4, -0.2) is 20.6 Å². The van der Waals surface area contributed by atoms with Crippen LogP contribution >= 0.6 is 0 Å². The van der Waals surface area contributed by atoms with Crippen LogP contribution in [0.5, 0.6) is 0 Å². The molecule has 1 aromatic carbocycles. The Labute approximate surface area is 106 Å². The van der Waals surface area contributed by atoms with Crippen molar-refractivity contribution in [1.82, 2.24) is 0 Å². The Morgan fingerprint density at radius 2 is 1.94 bits per heavy atom. The summed E-state index contributed by atoms with van der Waals surface area (Å²) in [6, 6.07) is 7.76. The van der Waals surface area contributed by atoms with Crippen molar-refractivity contribution < 1.29 is 17.4 Å². The number of benzene rings is 1. The summed E-state index contributed by atoms with van der Waals surface area (Å²) in [5.41, 5.74) is 2.53. The van der Waals surface area contributed by atoms with Gasteiger partial charge in [-0.05, 0) is 36.5 Å². The molecule has 0 saturated heterocycles. The van der Waals surface area contributed by atoms with Crippen molar-refractivity contribution in [3.63, 3.8) is 0 Å². The molecule has 0 amide bonds. The smallest absolute Gasteiger partial charge is 0.342 e. The van der Waals surface area contributed by atoms with Gasteiger partial charge in [-0.1, -0.05) is 24.3 Å². The van der Waals surface area contributed by atoms with Crippen LogP contribution in [0.25, 0.3) is 6.08 Å². The van der Waals surface area contributed by atoms with Crippen LogP contribution in [0, 0.1) is 0 Å². The molecule has 1 aliphatic rings. The van der Waals surface area contributed by atoms with E-state index in [9.17, 15) is 13.2 Å². The topological polar surface area (TPSA) is 60.4 Å². The molecule has 4 nitrogen and oxygen atoms in total. The number of carbonyl (C=O) groups is 1. The number of rotatable bonds is 2. The Kier molecular flexibility index (Phi) is 3.52. The lowest BCUT2D eigenvalue weighted by atomic mass is 10.1. The average molecular weight is 266 g/mol. The fraction of sp³-hybridized carbons (Fsp3) is 0.308. The monoisotopic (exact) mass is 266 g/mol. The molecule has 0 bridgehead atoms. The standard InChI is InChI=1S/C13H14O4S/c1-18(15,16)17-13(14)12-8-4-7-10-5-2-3-6-11(10)9-12/h2-3,5-6,9H,4,7-8H2,1H3. The highest BCUT2D eigenvalue weighted by molar-refractivity contribution is 7.86. The Hall–Kier alpha value is -1.62. The fourth-order valence-electron chi connectivity index (χ4n) is 1.98. The van der Waals surface area contributed by atoms with E-state index in [0.29, 0.717) is 12.0 Å². The quantitative estimate of drug-likeness (QED) is 0.767. The van der Waals surface area contributed by atoms with Gasteiger partial charge in [-0.2, -0.15) is 8.42 Å². The first kappa shape index (κ1) is 12.8. The minimum absolute atomic E-state index is 0.408. The Morgan fingerprint density at radius 1 is 1.22 bits per heavy atom. The van der Waals surface area contributed by atoms with Crippen molar-refractivity contribution in [2.75, 3.05) is 6.26 Å². The van der Waals surface area contributed by atoms with Crippen LogP contribution in [0.3, 0.4) is 0 Å². The molecule has 96 valence electrons. The predicted octanol–water partition coefficient (Wildman–Crippen LogP) is 1.91. The van der Waals surface area contributed by atoms with Gasteiger partial charge in [0.1, 0.15) is 0 Å². The van der Waals surface area contributed by atoms with Gasteiger partial charge in [0.15, 0.2) is 0 Å². The van der Waals surface area contributed by atoms with Crippen LogP contribution in [0.15, 0.2) is 29.8 Å². The van der Waals surface area contributed by atoms with E-state index < -0.39 is 16.1 Å². The number of hydrogen-bond donors (Lipinski definition) is 0. The van der Waals surface area contributed by atoms with Gasteiger partial charge in [0.25, 0.3) is 0 Å². The van der Waals surface area contributed by atoms with Crippen molar-refractivity contribution in [3.05, 3.63) is 41.0 Å². The van der Waals surface area contributed by atoms with E-state index in [1.165, 1.54) is 5.56 Å². The summed E-state index contributed by atoms with van der Waals surface area (Å²) in [6.45, 7) is 0. The molecule has 0 heterocycles. The molecule has 0 N–H and O–H groups in total. The zero-order valence-electron chi connectivity index (χ0n) is 10.0. The third kappa shape index (κ3) is 3.20. The highest BCUT2D eigenvalue weighted by atomic mass is 32.2. The first-order chi connectivity index (χ1) is 8.46. The van der Waals surface area contributed by atoms with Crippen LogP contribution in [0.1, 0.15) is 24.0 Å². The van der Waals surface area contributed by atoms with Gasteiger partial charge >= 0.3 is 16.1 Å². The van der Waals surface area contributed by atoms with E-state index in [-0.39, 0.29) is 0 Å². The molecule has 0 atom stereocenters. The van der Waals surface area contributed by atoms with Crippen molar-refractivity contribution in [3.8, 4) is 0 Å². The minimum Gasteiger partial charge on any atom is -0.342 e. The molecule has 0 aromatic heterocycles. The normalized spacial score (nSPS) is 15.3. The fourth-order valence-corrected chi connectivity index (χ4v) is 2.37. The number of hydrogen-bond acceptors (Lipinski definition) is 4. The van der Waals surface area contributed by atoms with Gasteiger partial charge in [0, 0.05) is 5.57 Å². The molecule has 5 heteroatoms. The maximum Gasteiger partial charge on any atom is 0.349 e. The summed E-state index contributed by atoms with van der Waals surface area (Å²) in [6.07, 6.45) is 4.80. The van der Waals surface area contributed by atoms with Gasteiger partial charge < -0.3 is 4.18 Å². The van der Waals surface area contributed by atoms with Crippen LogP contribution in [0.2, 0.25) is 0 Å². The van der Waals surface area contributed by atoms with Gasteiger partial charge in [-0.15, -0.1) is 0 Å². The summed E-state index contributed by atoms with van der Waals surface area (Å²) < 4.78 is 26.3. The third-order valence-corrected chi connectivity index (χ3v) is 3.22. The summed E-state index contributed by atoms with van der Waals surface area (Å²) in [4.78, 5) is 11.7. The number of fused-ring (bicyclic) bond motifs is 1. The second-order valence-corrected chi connectivity index (χ2v) is 5.87. The molecule has 0 radical (unpaired) electrons. The number of carbonyl (C=O) groups excluding carboxylic acids is 1. The lowest BCUT2D eigenvalue weighted by molar-refractivity contribution is -0.129. The number of aryl methyl sites for hydroxylation is 1. The molecule has 0 fully saturated rings. The van der Waals surface area contributed by atoms with Crippen LogP contribution in [-0.2, 0) is 25.5 Å². The van der Waals surface area contributed by atoms with E-state index in [0.717, 1.165) is 24.7 Å². The highest BCUT2D eigenvalue weighted by Crippen LogP contribution is 2.23. The second kappa shape index (κ2) is 4.94. The zero-order valence-corrected chi connectivity index (χ0v) is 10.9. The molecule has 2 rings (SSSR count). The first-order valence-electron chi connectivity index (χ1n) is 5.68. The van der Waals surface area contributed by atoms with E-state index in [1.54, 1.807) is 6.08 Å². The third-order valence-electron chi connectivity index (χ3n) is 2.77.